The lowest BCUT2D eigenvalue weighted by Gasteiger charge is -2.37. The van der Waals surface area contributed by atoms with Gasteiger partial charge >= 0.3 is 0 Å². The molecule has 3 aliphatic rings. The average molecular weight is 580 g/mol. The van der Waals surface area contributed by atoms with Crippen molar-refractivity contribution in [3.05, 3.63) is 61.2 Å². The number of carbonyl (C=O) groups is 3. The zero-order valence-corrected chi connectivity index (χ0v) is 25.5. The van der Waals surface area contributed by atoms with Crippen molar-refractivity contribution in [2.24, 2.45) is 11.8 Å². The standard InChI is InChI=1S/C34H49N3O5/c1-5-9-13-22-35(20-6-2)32(41)29-34-19-18-33(8-4,42-34)27(28(34)31(40)37(29)23-14-15-24-38)30(39)36(21-7-3)25-26-16-11-10-12-17-26/h6-7,10-12,16-17,27-29,38H,2-3,5,8-9,13-15,18-25H2,1,4H3/t27-,28+,29?,33+,34?/m1/s1. The third kappa shape index (κ3) is 5.80. The van der Waals surface area contributed by atoms with E-state index < -0.39 is 29.1 Å². The summed E-state index contributed by atoms with van der Waals surface area (Å²) >= 11 is 0. The van der Waals surface area contributed by atoms with E-state index in [0.717, 1.165) is 24.8 Å². The van der Waals surface area contributed by atoms with Crippen LogP contribution in [0.15, 0.2) is 55.6 Å². The summed E-state index contributed by atoms with van der Waals surface area (Å²) in [6, 6.07) is 9.02. The topological polar surface area (TPSA) is 90.4 Å². The van der Waals surface area contributed by atoms with Crippen LogP contribution in [0.25, 0.3) is 0 Å². The monoisotopic (exact) mass is 579 g/mol. The number of fused-ring (bicyclic) bond motifs is 1. The molecule has 5 atom stereocenters. The second-order valence-electron chi connectivity index (χ2n) is 12.1. The predicted octanol–water partition coefficient (Wildman–Crippen LogP) is 4.33. The zero-order valence-electron chi connectivity index (χ0n) is 25.5. The van der Waals surface area contributed by atoms with E-state index in [2.05, 4.69) is 20.1 Å². The summed E-state index contributed by atoms with van der Waals surface area (Å²) in [7, 11) is 0. The molecule has 0 aliphatic carbocycles. The van der Waals surface area contributed by atoms with E-state index in [0.29, 0.717) is 64.8 Å². The molecular weight excluding hydrogens is 530 g/mol. The van der Waals surface area contributed by atoms with Crippen LogP contribution in [-0.4, -0.2) is 87.6 Å². The van der Waals surface area contributed by atoms with Crippen LogP contribution < -0.4 is 0 Å². The lowest BCUT2D eigenvalue weighted by molar-refractivity contribution is -0.155. The van der Waals surface area contributed by atoms with Crippen molar-refractivity contribution in [3.63, 3.8) is 0 Å². The molecule has 1 aromatic carbocycles. The molecule has 230 valence electrons. The quantitative estimate of drug-likeness (QED) is 0.219. The van der Waals surface area contributed by atoms with Crippen LogP contribution >= 0.6 is 0 Å². The number of ether oxygens (including phenoxy) is 1. The Morgan fingerprint density at radius 2 is 1.74 bits per heavy atom. The van der Waals surface area contributed by atoms with Gasteiger partial charge in [-0.2, -0.15) is 0 Å². The third-order valence-electron chi connectivity index (χ3n) is 9.56. The normalized spacial score (nSPS) is 27.6. The van der Waals surface area contributed by atoms with Crippen molar-refractivity contribution < 1.29 is 24.2 Å². The van der Waals surface area contributed by atoms with Crippen molar-refractivity contribution >= 4 is 17.7 Å². The van der Waals surface area contributed by atoms with Crippen molar-refractivity contribution in [1.82, 2.24) is 14.7 Å². The summed E-state index contributed by atoms with van der Waals surface area (Å²) in [4.78, 5) is 48.6. The first-order chi connectivity index (χ1) is 20.3. The largest absolute Gasteiger partial charge is 0.396 e. The number of rotatable bonds is 17. The molecule has 0 saturated carbocycles. The van der Waals surface area contributed by atoms with Crippen LogP contribution in [0, 0.1) is 11.8 Å². The molecule has 2 bridgehead atoms. The van der Waals surface area contributed by atoms with Crippen molar-refractivity contribution in [2.45, 2.75) is 89.0 Å². The first-order valence-corrected chi connectivity index (χ1v) is 15.8. The number of amides is 3. The lowest BCUT2D eigenvalue weighted by Crippen LogP contribution is -2.56. The minimum Gasteiger partial charge on any atom is -0.396 e. The van der Waals surface area contributed by atoms with Crippen LogP contribution in [0.3, 0.4) is 0 Å². The van der Waals surface area contributed by atoms with Gasteiger partial charge in [-0.05, 0) is 44.1 Å². The molecule has 42 heavy (non-hydrogen) atoms. The van der Waals surface area contributed by atoms with Crippen molar-refractivity contribution in [2.75, 3.05) is 32.8 Å². The molecule has 8 nitrogen and oxygen atoms in total. The molecule has 1 N–H and O–H groups in total. The van der Waals surface area contributed by atoms with Gasteiger partial charge in [0.1, 0.15) is 11.6 Å². The van der Waals surface area contributed by atoms with E-state index in [9.17, 15) is 19.5 Å². The van der Waals surface area contributed by atoms with E-state index in [1.807, 2.05) is 37.3 Å². The summed E-state index contributed by atoms with van der Waals surface area (Å²) in [5, 5.41) is 9.47. The summed E-state index contributed by atoms with van der Waals surface area (Å²) in [6.45, 7) is 14.0. The van der Waals surface area contributed by atoms with E-state index >= 15 is 0 Å². The molecule has 1 aromatic rings. The highest BCUT2D eigenvalue weighted by Gasteiger charge is 2.79. The highest BCUT2D eigenvalue weighted by Crippen LogP contribution is 2.64. The maximum atomic E-state index is 14.5. The number of likely N-dealkylation sites (tertiary alicyclic amines) is 1. The van der Waals surface area contributed by atoms with Crippen LogP contribution in [-0.2, 0) is 25.7 Å². The Morgan fingerprint density at radius 1 is 1.02 bits per heavy atom. The molecule has 4 rings (SSSR count). The van der Waals surface area contributed by atoms with Gasteiger partial charge in [-0.25, -0.2) is 0 Å². The van der Waals surface area contributed by atoms with E-state index in [1.54, 1.807) is 26.9 Å². The predicted molar refractivity (Wildman–Crippen MR) is 163 cm³/mol. The highest BCUT2D eigenvalue weighted by atomic mass is 16.5. The number of aliphatic hydroxyl groups excluding tert-OH is 1. The van der Waals surface area contributed by atoms with Crippen LogP contribution in [0.1, 0.15) is 70.8 Å². The number of benzene rings is 1. The van der Waals surface area contributed by atoms with Gasteiger partial charge in [-0.1, -0.05) is 69.2 Å². The third-order valence-corrected chi connectivity index (χ3v) is 9.56. The van der Waals surface area contributed by atoms with Crippen LogP contribution in [0.5, 0.6) is 0 Å². The molecule has 3 amide bonds. The van der Waals surface area contributed by atoms with Crippen LogP contribution in [0.2, 0.25) is 0 Å². The second-order valence-corrected chi connectivity index (χ2v) is 12.1. The molecular formula is C34H49N3O5. The maximum absolute atomic E-state index is 14.5. The fourth-order valence-corrected chi connectivity index (χ4v) is 7.57. The molecule has 2 unspecified atom stereocenters. The summed E-state index contributed by atoms with van der Waals surface area (Å²) in [6.07, 6.45) is 9.23. The highest BCUT2D eigenvalue weighted by molar-refractivity contribution is 5.99. The molecule has 3 heterocycles. The molecule has 3 aliphatic heterocycles. The first kappa shape index (κ1) is 32.0. The lowest BCUT2D eigenvalue weighted by atomic mass is 9.64. The summed E-state index contributed by atoms with van der Waals surface area (Å²) in [5.41, 5.74) is -0.851. The summed E-state index contributed by atoms with van der Waals surface area (Å²) in [5.74, 6) is -1.83. The Kier molecular flexibility index (Phi) is 10.7. The Balaban J connectivity index is 1.74. The number of unbranched alkanes of at least 4 members (excludes halogenated alkanes) is 3. The smallest absolute Gasteiger partial charge is 0.248 e. The maximum Gasteiger partial charge on any atom is 0.248 e. The van der Waals surface area contributed by atoms with Crippen molar-refractivity contribution in [3.8, 4) is 0 Å². The van der Waals surface area contributed by atoms with Gasteiger partial charge in [-0.3, -0.25) is 14.4 Å². The molecule has 0 radical (unpaired) electrons. The Morgan fingerprint density at radius 3 is 2.38 bits per heavy atom. The van der Waals surface area contributed by atoms with Gasteiger partial charge in [0.25, 0.3) is 0 Å². The van der Waals surface area contributed by atoms with Gasteiger partial charge in [-0.15, -0.1) is 13.2 Å². The molecule has 1 spiro atoms. The second kappa shape index (κ2) is 14.0. The van der Waals surface area contributed by atoms with E-state index in [1.165, 1.54) is 0 Å². The Bertz CT molecular complexity index is 1130. The zero-order chi connectivity index (χ0) is 30.3. The Labute approximate surface area is 251 Å². The van der Waals surface area contributed by atoms with Crippen LogP contribution in [0.4, 0.5) is 0 Å². The number of carbonyl (C=O) groups excluding carboxylic acids is 3. The molecule has 3 fully saturated rings. The van der Waals surface area contributed by atoms with Gasteiger partial charge in [0, 0.05) is 39.3 Å². The fourth-order valence-electron chi connectivity index (χ4n) is 7.57. The van der Waals surface area contributed by atoms with Gasteiger partial charge in [0.15, 0.2) is 0 Å². The SMILES string of the molecule is C=CCN(CCCCC)C(=O)C1N(CCCCO)C(=O)[C@@H]2[C@H](C(=O)N(CC=C)Cc3ccccc3)[C@]3(CC)CCC12O3. The fraction of sp³-hybridized carbons (Fsp3) is 0.618. The Hall–Kier alpha value is -2.97. The number of hydrogen-bond acceptors (Lipinski definition) is 5. The number of nitrogens with zero attached hydrogens (tertiary/aromatic N) is 3. The summed E-state index contributed by atoms with van der Waals surface area (Å²) < 4.78 is 6.97. The van der Waals surface area contributed by atoms with Gasteiger partial charge in [0.2, 0.25) is 17.7 Å². The van der Waals surface area contributed by atoms with E-state index in [4.69, 9.17) is 4.74 Å². The first-order valence-electron chi connectivity index (χ1n) is 15.8. The minimum atomic E-state index is -1.06. The number of hydrogen-bond donors (Lipinski definition) is 1. The molecule has 3 saturated heterocycles. The van der Waals surface area contributed by atoms with Gasteiger partial charge < -0.3 is 24.5 Å². The minimum absolute atomic E-state index is 0.0153. The van der Waals surface area contributed by atoms with E-state index in [-0.39, 0.29) is 24.3 Å². The molecule has 0 aromatic heterocycles. The van der Waals surface area contributed by atoms with Gasteiger partial charge in [0.05, 0.1) is 17.4 Å². The number of aliphatic hydroxyl groups is 1. The van der Waals surface area contributed by atoms with Crippen molar-refractivity contribution in [1.29, 1.82) is 0 Å². The average Bonchev–Trinajstić information content (AvgIpc) is 3.60. The molecule has 8 heteroatoms.